The van der Waals surface area contributed by atoms with E-state index in [1.807, 2.05) is 13.0 Å². The van der Waals surface area contributed by atoms with Crippen LogP contribution in [-0.4, -0.2) is 11.8 Å². The van der Waals surface area contributed by atoms with E-state index in [0.717, 1.165) is 4.88 Å². The smallest absolute Gasteiger partial charge is 0.265 e. The second-order valence-electron chi connectivity index (χ2n) is 4.24. The number of benzene rings is 1. The molecule has 6 heteroatoms. The fourth-order valence-corrected chi connectivity index (χ4v) is 2.41. The Bertz CT molecular complexity index is 667. The van der Waals surface area contributed by atoms with Crippen LogP contribution < -0.4 is 10.6 Å². The van der Waals surface area contributed by atoms with Crippen molar-refractivity contribution in [1.82, 2.24) is 0 Å². The van der Waals surface area contributed by atoms with Gasteiger partial charge in [-0.1, -0.05) is 0 Å². The summed E-state index contributed by atoms with van der Waals surface area (Å²) in [5, 5.41) is 5.03. The molecule has 0 fully saturated rings. The van der Waals surface area contributed by atoms with Crippen LogP contribution in [-0.2, 0) is 4.79 Å². The van der Waals surface area contributed by atoms with E-state index < -0.39 is 5.82 Å². The van der Waals surface area contributed by atoms with Gasteiger partial charge in [0.05, 0.1) is 10.6 Å². The summed E-state index contributed by atoms with van der Waals surface area (Å²) in [6.07, 6.45) is 0. The Morgan fingerprint density at radius 2 is 1.90 bits per heavy atom. The normalized spacial score (nSPS) is 10.2. The second-order valence-corrected chi connectivity index (χ2v) is 5.53. The maximum absolute atomic E-state index is 13.7. The number of thiophene rings is 1. The van der Waals surface area contributed by atoms with Gasteiger partial charge in [0.2, 0.25) is 5.91 Å². The number of anilines is 2. The van der Waals surface area contributed by atoms with Gasteiger partial charge in [-0.25, -0.2) is 4.39 Å². The fraction of sp³-hybridized carbons (Fsp3) is 0.143. The molecule has 104 valence electrons. The molecule has 0 spiro atoms. The summed E-state index contributed by atoms with van der Waals surface area (Å²) >= 11 is 1.33. The molecule has 2 rings (SSSR count). The molecule has 2 N–H and O–H groups in total. The zero-order chi connectivity index (χ0) is 14.7. The first kappa shape index (κ1) is 14.2. The summed E-state index contributed by atoms with van der Waals surface area (Å²) in [7, 11) is 0. The molecule has 0 bridgehead atoms. The van der Waals surface area contributed by atoms with Gasteiger partial charge in [-0.3, -0.25) is 9.59 Å². The van der Waals surface area contributed by atoms with Crippen molar-refractivity contribution >= 4 is 34.5 Å². The number of amides is 2. The molecule has 1 aromatic heterocycles. The minimum atomic E-state index is -0.555. The van der Waals surface area contributed by atoms with Gasteiger partial charge in [0.1, 0.15) is 5.82 Å². The quantitative estimate of drug-likeness (QED) is 0.910. The summed E-state index contributed by atoms with van der Waals surface area (Å²) in [4.78, 5) is 24.4. The lowest BCUT2D eigenvalue weighted by molar-refractivity contribution is -0.114. The van der Waals surface area contributed by atoms with Crippen molar-refractivity contribution < 1.29 is 14.0 Å². The van der Waals surface area contributed by atoms with Crippen molar-refractivity contribution in [2.45, 2.75) is 13.8 Å². The third-order valence-corrected chi connectivity index (χ3v) is 3.50. The van der Waals surface area contributed by atoms with E-state index in [-0.39, 0.29) is 17.5 Å². The molecular formula is C14H13FN2O2S. The van der Waals surface area contributed by atoms with E-state index in [1.54, 1.807) is 6.07 Å². The number of hydrogen-bond acceptors (Lipinski definition) is 3. The monoisotopic (exact) mass is 292 g/mol. The molecule has 0 unspecified atom stereocenters. The van der Waals surface area contributed by atoms with Crippen LogP contribution in [0.5, 0.6) is 0 Å². The maximum atomic E-state index is 13.7. The number of aryl methyl sites for hydroxylation is 1. The zero-order valence-electron chi connectivity index (χ0n) is 11.0. The number of carbonyl (C=O) groups excluding carboxylic acids is 2. The van der Waals surface area contributed by atoms with Crippen molar-refractivity contribution in [1.29, 1.82) is 0 Å². The SMILES string of the molecule is CC(=O)Nc1ccc(F)c(NC(=O)c2ccc(C)s2)c1. The van der Waals surface area contributed by atoms with Crippen LogP contribution >= 0.6 is 11.3 Å². The Kier molecular flexibility index (Phi) is 4.14. The molecule has 0 saturated heterocycles. The minimum Gasteiger partial charge on any atom is -0.326 e. The Balaban J connectivity index is 2.19. The number of halogens is 1. The van der Waals surface area contributed by atoms with Gasteiger partial charge in [-0.15, -0.1) is 11.3 Å². The van der Waals surface area contributed by atoms with Gasteiger partial charge in [0, 0.05) is 17.5 Å². The maximum Gasteiger partial charge on any atom is 0.265 e. The van der Waals surface area contributed by atoms with Crippen LogP contribution in [0.3, 0.4) is 0 Å². The van der Waals surface area contributed by atoms with Crippen LogP contribution in [0.15, 0.2) is 30.3 Å². The Morgan fingerprint density at radius 1 is 1.15 bits per heavy atom. The average Bonchev–Trinajstić information content (AvgIpc) is 2.79. The average molecular weight is 292 g/mol. The van der Waals surface area contributed by atoms with E-state index in [4.69, 9.17) is 0 Å². The lowest BCUT2D eigenvalue weighted by atomic mass is 10.2. The minimum absolute atomic E-state index is 0.0345. The Morgan fingerprint density at radius 3 is 2.50 bits per heavy atom. The molecule has 0 atom stereocenters. The lowest BCUT2D eigenvalue weighted by Gasteiger charge is -2.08. The van der Waals surface area contributed by atoms with Crippen LogP contribution in [0.4, 0.5) is 15.8 Å². The van der Waals surface area contributed by atoms with Crippen LogP contribution in [0.25, 0.3) is 0 Å². The molecule has 2 aromatic rings. The number of nitrogens with one attached hydrogen (secondary N) is 2. The van der Waals surface area contributed by atoms with Gasteiger partial charge in [-0.2, -0.15) is 0 Å². The highest BCUT2D eigenvalue weighted by Crippen LogP contribution is 2.22. The van der Waals surface area contributed by atoms with Crippen molar-refractivity contribution in [3.05, 3.63) is 45.9 Å². The van der Waals surface area contributed by atoms with Crippen molar-refractivity contribution in [2.24, 2.45) is 0 Å². The fourth-order valence-electron chi connectivity index (χ4n) is 1.64. The zero-order valence-corrected chi connectivity index (χ0v) is 11.8. The van der Waals surface area contributed by atoms with Crippen molar-refractivity contribution in [3.8, 4) is 0 Å². The Labute approximate surface area is 119 Å². The van der Waals surface area contributed by atoms with E-state index in [9.17, 15) is 14.0 Å². The summed E-state index contributed by atoms with van der Waals surface area (Å²) in [5.74, 6) is -1.19. The number of carbonyl (C=O) groups is 2. The molecule has 0 saturated carbocycles. The van der Waals surface area contributed by atoms with Gasteiger partial charge in [0.25, 0.3) is 5.91 Å². The Hall–Kier alpha value is -2.21. The van der Waals surface area contributed by atoms with Gasteiger partial charge in [-0.05, 0) is 37.3 Å². The van der Waals surface area contributed by atoms with Crippen LogP contribution in [0, 0.1) is 12.7 Å². The summed E-state index contributed by atoms with van der Waals surface area (Å²) in [6, 6.07) is 7.52. The molecule has 1 aromatic carbocycles. The molecule has 0 aliphatic rings. The molecule has 0 aliphatic carbocycles. The second kappa shape index (κ2) is 5.83. The first-order valence-corrected chi connectivity index (χ1v) is 6.72. The number of hydrogen-bond donors (Lipinski definition) is 2. The van der Waals surface area contributed by atoms with Crippen molar-refractivity contribution in [3.63, 3.8) is 0 Å². The summed E-state index contributed by atoms with van der Waals surface area (Å²) in [5.41, 5.74) is 0.462. The largest absolute Gasteiger partial charge is 0.326 e. The number of rotatable bonds is 3. The van der Waals surface area contributed by atoms with E-state index >= 15 is 0 Å². The topological polar surface area (TPSA) is 58.2 Å². The summed E-state index contributed by atoms with van der Waals surface area (Å²) < 4.78 is 13.7. The molecule has 0 aliphatic heterocycles. The van der Waals surface area contributed by atoms with Crippen molar-refractivity contribution in [2.75, 3.05) is 10.6 Å². The first-order chi connectivity index (χ1) is 9.45. The third-order valence-electron chi connectivity index (χ3n) is 2.50. The highest BCUT2D eigenvalue weighted by molar-refractivity contribution is 7.14. The van der Waals surface area contributed by atoms with E-state index in [1.165, 1.54) is 36.5 Å². The third kappa shape index (κ3) is 3.42. The predicted molar refractivity (Wildman–Crippen MR) is 77.7 cm³/mol. The molecule has 0 radical (unpaired) electrons. The molecule has 20 heavy (non-hydrogen) atoms. The van der Waals surface area contributed by atoms with E-state index in [0.29, 0.717) is 10.6 Å². The standard InChI is InChI=1S/C14H13FN2O2S/c1-8-3-6-13(20-8)14(19)17-12-7-10(16-9(2)18)4-5-11(12)15/h3-7H,1-2H3,(H,16,18)(H,17,19). The molecule has 1 heterocycles. The molecule has 4 nitrogen and oxygen atoms in total. The van der Waals surface area contributed by atoms with Gasteiger partial charge >= 0.3 is 0 Å². The van der Waals surface area contributed by atoms with Gasteiger partial charge in [0.15, 0.2) is 0 Å². The molecular weight excluding hydrogens is 279 g/mol. The van der Waals surface area contributed by atoms with Crippen LogP contribution in [0.2, 0.25) is 0 Å². The van der Waals surface area contributed by atoms with E-state index in [2.05, 4.69) is 10.6 Å². The molecule has 2 amide bonds. The highest BCUT2D eigenvalue weighted by Gasteiger charge is 2.12. The first-order valence-electron chi connectivity index (χ1n) is 5.90. The summed E-state index contributed by atoms with van der Waals surface area (Å²) in [6.45, 7) is 3.25. The van der Waals surface area contributed by atoms with Gasteiger partial charge < -0.3 is 10.6 Å². The van der Waals surface area contributed by atoms with Crippen LogP contribution in [0.1, 0.15) is 21.5 Å². The highest BCUT2D eigenvalue weighted by atomic mass is 32.1. The predicted octanol–water partition coefficient (Wildman–Crippen LogP) is 3.41. The lowest BCUT2D eigenvalue weighted by Crippen LogP contribution is -2.12.